The SMILES string of the molecule is CC(CC1CN(C(C)C)[C@H]2CN(C)C[C@@H]12)N1CC[C@H]2CN(C)C[C@H]21. The molecule has 0 radical (unpaired) electrons. The van der Waals surface area contributed by atoms with Gasteiger partial charge < -0.3 is 9.80 Å². The first-order valence-electron chi connectivity index (χ1n) is 10.3. The molecule has 4 heterocycles. The van der Waals surface area contributed by atoms with Gasteiger partial charge in [0.25, 0.3) is 0 Å². The first kappa shape index (κ1) is 17.3. The highest BCUT2D eigenvalue weighted by Crippen LogP contribution is 2.40. The number of likely N-dealkylation sites (N-methyl/N-ethyl adjacent to an activating group) is 2. The highest BCUT2D eigenvalue weighted by Gasteiger charge is 2.48. The van der Waals surface area contributed by atoms with Gasteiger partial charge in [0.2, 0.25) is 0 Å². The van der Waals surface area contributed by atoms with Crippen LogP contribution in [0, 0.1) is 17.8 Å². The van der Waals surface area contributed by atoms with Gasteiger partial charge >= 0.3 is 0 Å². The second-order valence-electron chi connectivity index (χ2n) is 9.66. The standard InChI is InChI=1S/C20H38N4/c1-14(2)24-10-17(18-11-22(5)13-20(18)24)8-15(3)23-7-6-16-9-21(4)12-19(16)23/h14-20H,6-13H2,1-5H3/t15?,16-,17?,18-,19+,20-/m0/s1. The molecular weight excluding hydrogens is 296 g/mol. The molecule has 6 atom stereocenters. The highest BCUT2D eigenvalue weighted by molar-refractivity contribution is 5.03. The fourth-order valence-electron chi connectivity index (χ4n) is 6.54. The van der Waals surface area contributed by atoms with Crippen molar-refractivity contribution in [3.63, 3.8) is 0 Å². The minimum absolute atomic E-state index is 0.698. The Labute approximate surface area is 149 Å². The Hall–Kier alpha value is -0.160. The molecule has 0 amide bonds. The summed E-state index contributed by atoms with van der Waals surface area (Å²) in [5.74, 6) is 2.75. The minimum atomic E-state index is 0.698. The van der Waals surface area contributed by atoms with Gasteiger partial charge in [-0.15, -0.1) is 0 Å². The van der Waals surface area contributed by atoms with Gasteiger partial charge in [0, 0.05) is 56.9 Å². The summed E-state index contributed by atoms with van der Waals surface area (Å²) in [6, 6.07) is 3.12. The highest BCUT2D eigenvalue weighted by atomic mass is 15.3. The zero-order valence-electron chi connectivity index (χ0n) is 16.5. The molecule has 0 spiro atoms. The summed E-state index contributed by atoms with van der Waals surface area (Å²) in [5, 5.41) is 0. The van der Waals surface area contributed by atoms with E-state index in [1.807, 2.05) is 0 Å². The Morgan fingerprint density at radius 3 is 2.29 bits per heavy atom. The molecule has 4 aliphatic rings. The molecule has 4 rings (SSSR count). The van der Waals surface area contributed by atoms with Crippen LogP contribution in [0.15, 0.2) is 0 Å². The van der Waals surface area contributed by atoms with E-state index in [4.69, 9.17) is 0 Å². The topological polar surface area (TPSA) is 13.0 Å². The maximum Gasteiger partial charge on any atom is 0.0269 e. The lowest BCUT2D eigenvalue weighted by Gasteiger charge is -2.33. The summed E-state index contributed by atoms with van der Waals surface area (Å²) >= 11 is 0. The van der Waals surface area contributed by atoms with Crippen molar-refractivity contribution in [1.29, 1.82) is 0 Å². The predicted octanol–water partition coefficient (Wildman–Crippen LogP) is 1.67. The van der Waals surface area contributed by atoms with E-state index in [0.29, 0.717) is 6.04 Å². The van der Waals surface area contributed by atoms with E-state index in [0.717, 1.165) is 35.9 Å². The number of hydrogen-bond donors (Lipinski definition) is 0. The third kappa shape index (κ3) is 2.94. The van der Waals surface area contributed by atoms with Crippen LogP contribution in [0.2, 0.25) is 0 Å². The molecule has 4 nitrogen and oxygen atoms in total. The average molecular weight is 335 g/mol. The van der Waals surface area contributed by atoms with Crippen LogP contribution < -0.4 is 0 Å². The van der Waals surface area contributed by atoms with Crippen molar-refractivity contribution >= 4 is 0 Å². The van der Waals surface area contributed by atoms with Crippen LogP contribution in [-0.2, 0) is 0 Å². The Balaban J connectivity index is 1.41. The molecule has 138 valence electrons. The summed E-state index contributed by atoms with van der Waals surface area (Å²) in [6.45, 7) is 15.2. The van der Waals surface area contributed by atoms with E-state index in [2.05, 4.69) is 54.5 Å². The smallest absolute Gasteiger partial charge is 0.0269 e. The van der Waals surface area contributed by atoms with E-state index < -0.39 is 0 Å². The molecule has 4 aliphatic heterocycles. The van der Waals surface area contributed by atoms with Gasteiger partial charge in [-0.25, -0.2) is 0 Å². The van der Waals surface area contributed by atoms with Gasteiger partial charge in [-0.2, -0.15) is 0 Å². The Bertz CT molecular complexity index is 453. The van der Waals surface area contributed by atoms with Crippen molar-refractivity contribution in [3.05, 3.63) is 0 Å². The molecule has 24 heavy (non-hydrogen) atoms. The number of hydrogen-bond acceptors (Lipinski definition) is 4. The van der Waals surface area contributed by atoms with E-state index >= 15 is 0 Å². The maximum absolute atomic E-state index is 2.87. The van der Waals surface area contributed by atoms with Crippen LogP contribution in [0.4, 0.5) is 0 Å². The Kier molecular flexibility index (Phi) is 4.70. The van der Waals surface area contributed by atoms with Gasteiger partial charge in [-0.3, -0.25) is 9.80 Å². The molecule has 0 aromatic heterocycles. The number of nitrogens with zero attached hydrogens (tertiary/aromatic N) is 4. The van der Waals surface area contributed by atoms with Crippen molar-refractivity contribution in [2.45, 2.75) is 57.8 Å². The van der Waals surface area contributed by atoms with E-state index in [9.17, 15) is 0 Å². The van der Waals surface area contributed by atoms with Crippen LogP contribution in [0.3, 0.4) is 0 Å². The number of rotatable bonds is 4. The summed E-state index contributed by atoms with van der Waals surface area (Å²) in [5.41, 5.74) is 0. The number of likely N-dealkylation sites (tertiary alicyclic amines) is 4. The lowest BCUT2D eigenvalue weighted by Crippen LogP contribution is -2.42. The Morgan fingerprint density at radius 2 is 1.54 bits per heavy atom. The fraction of sp³-hybridized carbons (Fsp3) is 1.00. The molecule has 0 aromatic rings. The van der Waals surface area contributed by atoms with Crippen LogP contribution in [-0.4, -0.2) is 97.1 Å². The maximum atomic E-state index is 2.87. The van der Waals surface area contributed by atoms with Crippen molar-refractivity contribution in [2.75, 3.05) is 53.4 Å². The zero-order chi connectivity index (χ0) is 17.0. The monoisotopic (exact) mass is 334 g/mol. The molecule has 0 N–H and O–H groups in total. The van der Waals surface area contributed by atoms with Gasteiger partial charge in [0.15, 0.2) is 0 Å². The molecular formula is C20H38N4. The normalized spacial score (nSPS) is 43.0. The van der Waals surface area contributed by atoms with E-state index in [-0.39, 0.29) is 0 Å². The van der Waals surface area contributed by atoms with Crippen LogP contribution in [0.5, 0.6) is 0 Å². The predicted molar refractivity (Wildman–Crippen MR) is 100 cm³/mol. The zero-order valence-corrected chi connectivity index (χ0v) is 16.5. The van der Waals surface area contributed by atoms with Gasteiger partial charge in [0.05, 0.1) is 0 Å². The van der Waals surface area contributed by atoms with Gasteiger partial charge in [-0.05, 0) is 72.0 Å². The van der Waals surface area contributed by atoms with Crippen molar-refractivity contribution in [1.82, 2.24) is 19.6 Å². The largest absolute Gasteiger partial charge is 0.304 e. The van der Waals surface area contributed by atoms with Crippen molar-refractivity contribution in [3.8, 4) is 0 Å². The lowest BCUT2D eigenvalue weighted by molar-refractivity contribution is 0.144. The first-order valence-corrected chi connectivity index (χ1v) is 10.3. The van der Waals surface area contributed by atoms with Gasteiger partial charge in [0.1, 0.15) is 0 Å². The van der Waals surface area contributed by atoms with Crippen molar-refractivity contribution in [2.24, 2.45) is 17.8 Å². The third-order valence-electron chi connectivity index (χ3n) is 7.64. The van der Waals surface area contributed by atoms with Crippen LogP contribution in [0.25, 0.3) is 0 Å². The second-order valence-corrected chi connectivity index (χ2v) is 9.66. The third-order valence-corrected chi connectivity index (χ3v) is 7.64. The van der Waals surface area contributed by atoms with Crippen LogP contribution >= 0.6 is 0 Å². The quantitative estimate of drug-likeness (QED) is 0.775. The number of fused-ring (bicyclic) bond motifs is 2. The molecule has 4 heteroatoms. The van der Waals surface area contributed by atoms with E-state index in [1.165, 1.54) is 52.1 Å². The van der Waals surface area contributed by atoms with Gasteiger partial charge in [-0.1, -0.05) is 0 Å². The summed E-state index contributed by atoms with van der Waals surface area (Å²) in [4.78, 5) is 10.8. The average Bonchev–Trinajstić information content (AvgIpc) is 3.20. The molecule has 0 aromatic carbocycles. The summed E-state index contributed by atoms with van der Waals surface area (Å²) in [6.07, 6.45) is 2.84. The fourth-order valence-corrected chi connectivity index (χ4v) is 6.54. The first-order chi connectivity index (χ1) is 11.4. The molecule has 0 aliphatic carbocycles. The second kappa shape index (κ2) is 6.53. The summed E-state index contributed by atoms with van der Waals surface area (Å²) < 4.78 is 0. The lowest BCUT2D eigenvalue weighted by atomic mass is 9.87. The molecule has 0 bridgehead atoms. The molecule has 2 unspecified atom stereocenters. The molecule has 4 saturated heterocycles. The molecule has 0 saturated carbocycles. The minimum Gasteiger partial charge on any atom is -0.304 e. The van der Waals surface area contributed by atoms with E-state index in [1.54, 1.807) is 0 Å². The molecule has 4 fully saturated rings. The van der Waals surface area contributed by atoms with Crippen molar-refractivity contribution < 1.29 is 0 Å². The van der Waals surface area contributed by atoms with Crippen LogP contribution in [0.1, 0.15) is 33.6 Å². The summed E-state index contributed by atoms with van der Waals surface area (Å²) in [7, 11) is 4.62. The Morgan fingerprint density at radius 1 is 0.833 bits per heavy atom.